The first-order chi connectivity index (χ1) is 15.0. The molecule has 2 aliphatic rings. The van der Waals surface area contributed by atoms with Crippen molar-refractivity contribution >= 4 is 28.3 Å². The first-order valence-electron chi connectivity index (χ1n) is 10.7. The molecule has 0 spiro atoms. The van der Waals surface area contributed by atoms with E-state index >= 15 is 0 Å². The van der Waals surface area contributed by atoms with Gasteiger partial charge in [0.05, 0.1) is 24.3 Å². The average Bonchev–Trinajstić information content (AvgIpc) is 3.43. The van der Waals surface area contributed by atoms with Crippen molar-refractivity contribution in [3.8, 4) is 6.07 Å². The number of nitrogens with one attached hydrogen (secondary N) is 1. The van der Waals surface area contributed by atoms with Crippen LogP contribution in [0.5, 0.6) is 0 Å². The molecule has 10 heteroatoms. The van der Waals surface area contributed by atoms with E-state index in [1.54, 1.807) is 11.6 Å². The number of thiazole rings is 1. The number of anilines is 2. The van der Waals surface area contributed by atoms with Crippen LogP contribution in [0.4, 0.5) is 11.1 Å². The molecule has 0 radical (unpaired) electrons. The van der Waals surface area contributed by atoms with Crippen LogP contribution >= 0.6 is 11.3 Å². The van der Waals surface area contributed by atoms with Crippen LogP contribution in [0.3, 0.4) is 0 Å². The van der Waals surface area contributed by atoms with E-state index in [2.05, 4.69) is 50.0 Å². The molecule has 0 bridgehead atoms. The van der Waals surface area contributed by atoms with Gasteiger partial charge in [0.2, 0.25) is 5.95 Å². The molecule has 2 aromatic heterocycles. The van der Waals surface area contributed by atoms with Gasteiger partial charge in [0.15, 0.2) is 5.13 Å². The van der Waals surface area contributed by atoms with Gasteiger partial charge in [-0.3, -0.25) is 14.6 Å². The molecule has 4 rings (SSSR count). The summed E-state index contributed by atoms with van der Waals surface area (Å²) in [7, 11) is 0. The second-order valence-corrected chi connectivity index (χ2v) is 9.03. The zero-order chi connectivity index (χ0) is 21.8. The van der Waals surface area contributed by atoms with Crippen LogP contribution in [0.2, 0.25) is 0 Å². The first-order valence-corrected chi connectivity index (χ1v) is 11.6. The molecule has 0 aromatic carbocycles. The van der Waals surface area contributed by atoms with E-state index < -0.39 is 0 Å². The molecule has 0 aliphatic carbocycles. The van der Waals surface area contributed by atoms with E-state index in [9.17, 15) is 4.79 Å². The third-order valence-electron chi connectivity index (χ3n) is 5.93. The number of likely N-dealkylation sites (tertiary alicyclic amines) is 1. The van der Waals surface area contributed by atoms with E-state index in [4.69, 9.17) is 5.26 Å². The molecule has 2 aliphatic heterocycles. The number of amides is 1. The van der Waals surface area contributed by atoms with Crippen LogP contribution in [-0.2, 0) is 0 Å². The molecule has 9 nitrogen and oxygen atoms in total. The Morgan fingerprint density at radius 3 is 2.84 bits per heavy atom. The van der Waals surface area contributed by atoms with E-state index in [1.165, 1.54) is 11.3 Å². The lowest BCUT2D eigenvalue weighted by atomic mass is 10.1. The molecule has 2 saturated heterocycles. The van der Waals surface area contributed by atoms with Crippen molar-refractivity contribution in [1.29, 1.82) is 5.26 Å². The highest BCUT2D eigenvalue weighted by Gasteiger charge is 2.27. The van der Waals surface area contributed by atoms with Crippen LogP contribution in [0.15, 0.2) is 17.6 Å². The van der Waals surface area contributed by atoms with Gasteiger partial charge in [-0.05, 0) is 39.3 Å². The van der Waals surface area contributed by atoms with Crippen LogP contribution < -0.4 is 5.32 Å². The average molecular weight is 441 g/mol. The minimum atomic E-state index is -0.0273. The zero-order valence-corrected chi connectivity index (χ0v) is 18.8. The molecule has 31 heavy (non-hydrogen) atoms. The van der Waals surface area contributed by atoms with Crippen molar-refractivity contribution in [2.75, 3.05) is 44.6 Å². The van der Waals surface area contributed by atoms with Crippen LogP contribution in [0, 0.1) is 11.3 Å². The monoisotopic (exact) mass is 440 g/mol. The maximum absolute atomic E-state index is 12.8. The Hall–Kier alpha value is -2.61. The fourth-order valence-corrected chi connectivity index (χ4v) is 4.87. The predicted octanol–water partition coefficient (Wildman–Crippen LogP) is 2.50. The predicted molar refractivity (Wildman–Crippen MR) is 119 cm³/mol. The van der Waals surface area contributed by atoms with Gasteiger partial charge in [-0.25, -0.2) is 15.0 Å². The van der Waals surface area contributed by atoms with Crippen molar-refractivity contribution in [2.24, 2.45) is 0 Å². The number of carbonyl (C=O) groups excluding carboxylic acids is 1. The number of hydrogen-bond acceptors (Lipinski definition) is 9. The Bertz CT molecular complexity index is 947. The number of carbonyl (C=O) groups is 1. The summed E-state index contributed by atoms with van der Waals surface area (Å²) in [5.74, 6) is 0.431. The van der Waals surface area contributed by atoms with Crippen molar-refractivity contribution < 1.29 is 4.79 Å². The van der Waals surface area contributed by atoms with Crippen molar-refractivity contribution in [3.05, 3.63) is 29.0 Å². The molecule has 1 amide bonds. The Morgan fingerprint density at radius 2 is 2.10 bits per heavy atom. The van der Waals surface area contributed by atoms with E-state index in [-0.39, 0.29) is 11.9 Å². The minimum Gasteiger partial charge on any atom is -0.335 e. The molecule has 2 fully saturated rings. The zero-order valence-electron chi connectivity index (χ0n) is 18.0. The summed E-state index contributed by atoms with van der Waals surface area (Å²) in [6.45, 7) is 8.91. The van der Waals surface area contributed by atoms with Crippen LogP contribution in [0.25, 0.3) is 0 Å². The van der Waals surface area contributed by atoms with Gasteiger partial charge in [0.1, 0.15) is 5.69 Å². The standard InChI is InChI=1S/C21H28N8OS/c1-15(2)27-10-12-29(13-11-27)19(30)17-14-31-21(25-17)26-20-23-7-5-16(24-20)18-4-3-8-28(18)9-6-22/h5,7,14-15,18H,3-4,8-13H2,1-2H3,(H,23,24,25,26). The maximum atomic E-state index is 12.8. The SMILES string of the molecule is CC(C)N1CCN(C(=O)c2csc(Nc3nccc(C4CCCN4CC#N)n3)n2)CC1. The molecule has 1 atom stereocenters. The largest absolute Gasteiger partial charge is 0.335 e. The Balaban J connectivity index is 1.39. The normalized spacial score (nSPS) is 20.2. The first kappa shape index (κ1) is 21.6. The maximum Gasteiger partial charge on any atom is 0.273 e. The Labute approximate surface area is 186 Å². The van der Waals surface area contributed by atoms with Crippen LogP contribution in [0.1, 0.15) is 48.9 Å². The quantitative estimate of drug-likeness (QED) is 0.684. The number of aromatic nitrogens is 3. The van der Waals surface area contributed by atoms with Gasteiger partial charge >= 0.3 is 0 Å². The number of piperazine rings is 1. The van der Waals surface area contributed by atoms with Gasteiger partial charge in [0.25, 0.3) is 5.91 Å². The summed E-state index contributed by atoms with van der Waals surface area (Å²) in [5, 5.41) is 14.6. The van der Waals surface area contributed by atoms with Crippen LogP contribution in [-0.4, -0.2) is 80.9 Å². The third-order valence-corrected chi connectivity index (χ3v) is 6.69. The summed E-state index contributed by atoms with van der Waals surface area (Å²) in [6, 6.07) is 4.77. The lowest BCUT2D eigenvalue weighted by Crippen LogP contribution is -2.50. The lowest BCUT2D eigenvalue weighted by molar-refractivity contribution is 0.0591. The summed E-state index contributed by atoms with van der Waals surface area (Å²) in [5.41, 5.74) is 1.36. The smallest absolute Gasteiger partial charge is 0.273 e. The molecule has 0 saturated carbocycles. The number of nitrogens with zero attached hydrogens (tertiary/aromatic N) is 7. The van der Waals surface area contributed by atoms with Gasteiger partial charge < -0.3 is 10.2 Å². The van der Waals surface area contributed by atoms with Gasteiger partial charge in [-0.2, -0.15) is 5.26 Å². The minimum absolute atomic E-state index is 0.0273. The molecular weight excluding hydrogens is 412 g/mol. The van der Waals surface area contributed by atoms with Gasteiger partial charge in [-0.1, -0.05) is 0 Å². The van der Waals surface area contributed by atoms with E-state index in [1.807, 2.05) is 11.0 Å². The molecule has 4 heterocycles. The van der Waals surface area contributed by atoms with Crippen molar-refractivity contribution in [3.63, 3.8) is 0 Å². The summed E-state index contributed by atoms with van der Waals surface area (Å²) < 4.78 is 0. The topological polar surface area (TPSA) is 101 Å². The second-order valence-electron chi connectivity index (χ2n) is 8.18. The number of hydrogen-bond donors (Lipinski definition) is 1. The molecule has 1 unspecified atom stereocenters. The van der Waals surface area contributed by atoms with E-state index in [0.717, 1.165) is 51.3 Å². The second kappa shape index (κ2) is 9.68. The van der Waals surface area contributed by atoms with Gasteiger partial charge in [-0.15, -0.1) is 11.3 Å². The van der Waals surface area contributed by atoms with E-state index in [0.29, 0.717) is 29.4 Å². The summed E-state index contributed by atoms with van der Waals surface area (Å²) in [6.07, 6.45) is 3.77. The molecular formula is C21H28N8OS. The Kier molecular flexibility index (Phi) is 6.75. The summed E-state index contributed by atoms with van der Waals surface area (Å²) in [4.78, 5) is 32.7. The fraction of sp³-hybridized carbons (Fsp3) is 0.571. The number of rotatable bonds is 6. The highest BCUT2D eigenvalue weighted by molar-refractivity contribution is 7.14. The Morgan fingerprint density at radius 1 is 1.29 bits per heavy atom. The molecule has 164 valence electrons. The highest BCUT2D eigenvalue weighted by atomic mass is 32.1. The molecule has 2 aromatic rings. The van der Waals surface area contributed by atoms with Crippen molar-refractivity contribution in [2.45, 2.75) is 38.8 Å². The fourth-order valence-electron chi connectivity index (χ4n) is 4.19. The third kappa shape index (κ3) is 5.01. The summed E-state index contributed by atoms with van der Waals surface area (Å²) >= 11 is 1.38. The van der Waals surface area contributed by atoms with Gasteiger partial charge in [0, 0.05) is 43.8 Å². The highest BCUT2D eigenvalue weighted by Crippen LogP contribution is 2.31. The number of nitriles is 1. The molecule has 1 N–H and O–H groups in total. The lowest BCUT2D eigenvalue weighted by Gasteiger charge is -2.36. The van der Waals surface area contributed by atoms with Crippen molar-refractivity contribution in [1.82, 2.24) is 29.7 Å².